The third-order valence-electron chi connectivity index (χ3n) is 3.61. The lowest BCUT2D eigenvalue weighted by molar-refractivity contribution is -0.138. The Kier molecular flexibility index (Phi) is 7.01. The number of aliphatic carboxylic acids is 1. The van der Waals surface area contributed by atoms with E-state index in [0.717, 1.165) is 4.90 Å². The fourth-order valence-electron chi connectivity index (χ4n) is 2.21. The van der Waals surface area contributed by atoms with Crippen molar-refractivity contribution in [2.45, 2.75) is 37.0 Å². The molecule has 6 nitrogen and oxygen atoms in total. The molecule has 27 heavy (non-hydrogen) atoms. The van der Waals surface area contributed by atoms with Gasteiger partial charge in [-0.25, -0.2) is 0 Å². The number of benzene rings is 2. The molecule has 0 radical (unpaired) electrons. The minimum atomic E-state index is -1.11. The molecule has 2 rings (SSSR count). The van der Waals surface area contributed by atoms with Crippen molar-refractivity contribution in [1.29, 1.82) is 0 Å². The third-order valence-corrected chi connectivity index (χ3v) is 4.63. The monoisotopic (exact) mass is 386 g/mol. The van der Waals surface area contributed by atoms with Crippen LogP contribution in [0.15, 0.2) is 53.4 Å². The predicted molar refractivity (Wildman–Crippen MR) is 106 cm³/mol. The average Bonchev–Trinajstić information content (AvgIpc) is 2.62. The summed E-state index contributed by atoms with van der Waals surface area (Å²) in [5.41, 5.74) is 1.40. The SMILES string of the molecule is CC(C)Sc1ccc(C(=O)Nc2ccc(C(=O)NC(C)C(=O)O)cc2)cc1. The van der Waals surface area contributed by atoms with Gasteiger partial charge in [0.15, 0.2) is 0 Å². The summed E-state index contributed by atoms with van der Waals surface area (Å²) in [5.74, 6) is -1.83. The summed E-state index contributed by atoms with van der Waals surface area (Å²) in [6.45, 7) is 5.61. The summed E-state index contributed by atoms with van der Waals surface area (Å²) < 4.78 is 0. The zero-order valence-corrected chi connectivity index (χ0v) is 16.2. The van der Waals surface area contributed by atoms with Crippen LogP contribution in [0.25, 0.3) is 0 Å². The second-order valence-electron chi connectivity index (χ2n) is 6.26. The highest BCUT2D eigenvalue weighted by Crippen LogP contribution is 2.23. The highest BCUT2D eigenvalue weighted by Gasteiger charge is 2.15. The highest BCUT2D eigenvalue weighted by molar-refractivity contribution is 7.99. The molecule has 0 aliphatic heterocycles. The van der Waals surface area contributed by atoms with Crippen LogP contribution in [0.2, 0.25) is 0 Å². The predicted octanol–water partition coefficient (Wildman–Crippen LogP) is 3.64. The lowest BCUT2D eigenvalue weighted by atomic mass is 10.1. The van der Waals surface area contributed by atoms with Gasteiger partial charge in [-0.1, -0.05) is 13.8 Å². The second kappa shape index (κ2) is 9.23. The number of carbonyl (C=O) groups excluding carboxylic acids is 2. The largest absolute Gasteiger partial charge is 0.480 e. The van der Waals surface area contributed by atoms with Gasteiger partial charge < -0.3 is 15.7 Å². The van der Waals surface area contributed by atoms with Gasteiger partial charge in [-0.15, -0.1) is 11.8 Å². The maximum atomic E-state index is 12.3. The number of hydrogen-bond donors (Lipinski definition) is 3. The van der Waals surface area contributed by atoms with E-state index in [1.54, 1.807) is 36.0 Å². The van der Waals surface area contributed by atoms with Crippen LogP contribution in [-0.2, 0) is 4.79 Å². The van der Waals surface area contributed by atoms with Gasteiger partial charge in [0, 0.05) is 27.0 Å². The minimum Gasteiger partial charge on any atom is -0.480 e. The summed E-state index contributed by atoms with van der Waals surface area (Å²) in [6, 6.07) is 12.7. The first-order valence-electron chi connectivity index (χ1n) is 8.48. The molecule has 142 valence electrons. The molecule has 3 N–H and O–H groups in total. The number of rotatable bonds is 7. The van der Waals surface area contributed by atoms with E-state index in [1.165, 1.54) is 19.1 Å². The number of hydrogen-bond acceptors (Lipinski definition) is 4. The fourth-order valence-corrected chi connectivity index (χ4v) is 3.04. The Morgan fingerprint density at radius 1 is 0.852 bits per heavy atom. The van der Waals surface area contributed by atoms with Gasteiger partial charge >= 0.3 is 5.97 Å². The number of thioether (sulfide) groups is 1. The number of carboxylic acids is 1. The summed E-state index contributed by atoms with van der Waals surface area (Å²) in [5, 5.41) is 14.4. The van der Waals surface area contributed by atoms with Crippen LogP contribution >= 0.6 is 11.8 Å². The normalized spacial score (nSPS) is 11.7. The Hall–Kier alpha value is -2.80. The first-order valence-corrected chi connectivity index (χ1v) is 9.36. The van der Waals surface area contributed by atoms with Crippen molar-refractivity contribution in [2.75, 3.05) is 5.32 Å². The molecule has 0 saturated heterocycles. The molecule has 0 saturated carbocycles. The molecule has 2 amide bonds. The van der Waals surface area contributed by atoms with E-state index in [-0.39, 0.29) is 5.91 Å². The van der Waals surface area contributed by atoms with Crippen LogP contribution in [0.5, 0.6) is 0 Å². The van der Waals surface area contributed by atoms with Crippen molar-refractivity contribution in [1.82, 2.24) is 5.32 Å². The molecule has 1 unspecified atom stereocenters. The Labute approximate surface area is 162 Å². The fraction of sp³-hybridized carbons (Fsp3) is 0.250. The quantitative estimate of drug-likeness (QED) is 0.632. The molecule has 0 fully saturated rings. The van der Waals surface area contributed by atoms with E-state index < -0.39 is 17.9 Å². The Bertz CT molecular complexity index is 817. The van der Waals surface area contributed by atoms with Crippen LogP contribution in [0.3, 0.4) is 0 Å². The van der Waals surface area contributed by atoms with Gasteiger partial charge in [-0.3, -0.25) is 14.4 Å². The zero-order valence-electron chi connectivity index (χ0n) is 15.4. The average molecular weight is 386 g/mol. The van der Waals surface area contributed by atoms with Crippen molar-refractivity contribution in [3.63, 3.8) is 0 Å². The number of carboxylic acid groups (broad SMARTS) is 1. The molecule has 0 aliphatic carbocycles. The zero-order chi connectivity index (χ0) is 20.0. The van der Waals surface area contributed by atoms with Gasteiger partial charge in [0.25, 0.3) is 11.8 Å². The summed E-state index contributed by atoms with van der Waals surface area (Å²) >= 11 is 1.73. The van der Waals surface area contributed by atoms with Crippen LogP contribution in [0, 0.1) is 0 Å². The maximum Gasteiger partial charge on any atom is 0.325 e. The molecule has 0 aromatic heterocycles. The van der Waals surface area contributed by atoms with Crippen molar-refractivity contribution in [2.24, 2.45) is 0 Å². The summed E-state index contributed by atoms with van der Waals surface area (Å²) in [7, 11) is 0. The molecule has 7 heteroatoms. The van der Waals surface area contributed by atoms with Crippen molar-refractivity contribution >= 4 is 35.2 Å². The summed E-state index contributed by atoms with van der Waals surface area (Å²) in [4.78, 5) is 36.2. The van der Waals surface area contributed by atoms with E-state index >= 15 is 0 Å². The van der Waals surface area contributed by atoms with Crippen LogP contribution < -0.4 is 10.6 Å². The van der Waals surface area contributed by atoms with Gasteiger partial charge in [0.2, 0.25) is 0 Å². The number of nitrogens with one attached hydrogen (secondary N) is 2. The second-order valence-corrected chi connectivity index (χ2v) is 7.91. The standard InChI is InChI=1S/C20H22N2O4S/c1-12(2)27-17-10-6-15(7-11-17)19(24)22-16-8-4-14(5-9-16)18(23)21-13(3)20(25)26/h4-13H,1-3H3,(H,21,23)(H,22,24)(H,25,26). The highest BCUT2D eigenvalue weighted by atomic mass is 32.2. The van der Waals surface area contributed by atoms with Crippen LogP contribution in [-0.4, -0.2) is 34.2 Å². The van der Waals surface area contributed by atoms with E-state index in [4.69, 9.17) is 5.11 Å². The van der Waals surface area contributed by atoms with Gasteiger partial charge in [-0.2, -0.15) is 0 Å². The lowest BCUT2D eigenvalue weighted by Crippen LogP contribution is -2.38. The topological polar surface area (TPSA) is 95.5 Å². The molecule has 0 aliphatic rings. The first kappa shape index (κ1) is 20.5. The Balaban J connectivity index is 1.98. The van der Waals surface area contributed by atoms with E-state index in [2.05, 4.69) is 24.5 Å². The summed E-state index contributed by atoms with van der Waals surface area (Å²) in [6.07, 6.45) is 0. The molecular formula is C20H22N2O4S. The molecule has 2 aromatic carbocycles. The lowest BCUT2D eigenvalue weighted by Gasteiger charge is -2.10. The molecular weight excluding hydrogens is 364 g/mol. The van der Waals surface area contributed by atoms with E-state index in [1.807, 2.05) is 12.1 Å². The molecule has 0 bridgehead atoms. The van der Waals surface area contributed by atoms with Crippen LogP contribution in [0.4, 0.5) is 5.69 Å². The first-order chi connectivity index (χ1) is 12.8. The Morgan fingerprint density at radius 3 is 1.89 bits per heavy atom. The molecule has 2 aromatic rings. The molecule has 0 heterocycles. The number of anilines is 1. The van der Waals surface area contributed by atoms with E-state index in [0.29, 0.717) is 22.1 Å². The molecule has 1 atom stereocenters. The third kappa shape index (κ3) is 6.14. The van der Waals surface area contributed by atoms with E-state index in [9.17, 15) is 14.4 Å². The van der Waals surface area contributed by atoms with Crippen molar-refractivity contribution < 1.29 is 19.5 Å². The number of amides is 2. The van der Waals surface area contributed by atoms with Gasteiger partial charge in [-0.05, 0) is 55.5 Å². The van der Waals surface area contributed by atoms with Gasteiger partial charge in [0.05, 0.1) is 0 Å². The molecule has 0 spiro atoms. The van der Waals surface area contributed by atoms with Crippen LogP contribution in [0.1, 0.15) is 41.5 Å². The minimum absolute atomic E-state index is 0.243. The smallest absolute Gasteiger partial charge is 0.325 e. The number of carbonyl (C=O) groups is 3. The maximum absolute atomic E-state index is 12.3. The van der Waals surface area contributed by atoms with Gasteiger partial charge in [0.1, 0.15) is 6.04 Å². The van der Waals surface area contributed by atoms with Crippen molar-refractivity contribution in [3.8, 4) is 0 Å². The van der Waals surface area contributed by atoms with Crippen molar-refractivity contribution in [3.05, 3.63) is 59.7 Å². The Morgan fingerprint density at radius 2 is 1.37 bits per heavy atom.